The van der Waals surface area contributed by atoms with Crippen molar-refractivity contribution >= 4 is 5.78 Å². The first-order valence-corrected chi connectivity index (χ1v) is 7.60. The summed E-state index contributed by atoms with van der Waals surface area (Å²) in [6, 6.07) is 4.49. The molecule has 1 aromatic carbocycles. The third-order valence-electron chi connectivity index (χ3n) is 4.32. The highest BCUT2D eigenvalue weighted by Crippen LogP contribution is 2.33. The van der Waals surface area contributed by atoms with Gasteiger partial charge in [0.25, 0.3) is 0 Å². The molecule has 0 saturated carbocycles. The number of carbonyl (C=O) groups excluding carboxylic acids is 1. The first kappa shape index (κ1) is 14.3. The van der Waals surface area contributed by atoms with Crippen molar-refractivity contribution in [3.8, 4) is 0 Å². The molecule has 1 heteroatoms. The molecule has 2 rings (SSSR count). The Labute approximate surface area is 117 Å². The van der Waals surface area contributed by atoms with Crippen LogP contribution in [0.15, 0.2) is 12.1 Å². The van der Waals surface area contributed by atoms with Crippen molar-refractivity contribution in [2.45, 2.75) is 65.7 Å². The number of hydrogen-bond donors (Lipinski definition) is 0. The molecule has 1 aromatic rings. The number of benzene rings is 1. The van der Waals surface area contributed by atoms with Gasteiger partial charge in [0, 0.05) is 12.0 Å². The fourth-order valence-corrected chi connectivity index (χ4v) is 3.01. The van der Waals surface area contributed by atoms with E-state index in [2.05, 4.69) is 46.8 Å². The fourth-order valence-electron chi connectivity index (χ4n) is 3.01. The van der Waals surface area contributed by atoms with Gasteiger partial charge in [0.1, 0.15) is 0 Å². The molecular weight excluding hydrogens is 232 g/mol. The summed E-state index contributed by atoms with van der Waals surface area (Å²) in [6.45, 7) is 11.1. The second-order valence-electron chi connectivity index (χ2n) is 6.72. The van der Waals surface area contributed by atoms with Gasteiger partial charge in [-0.15, -0.1) is 0 Å². The van der Waals surface area contributed by atoms with Gasteiger partial charge >= 0.3 is 0 Å². The van der Waals surface area contributed by atoms with Crippen LogP contribution in [0.1, 0.15) is 86.3 Å². The third kappa shape index (κ3) is 2.91. The van der Waals surface area contributed by atoms with Gasteiger partial charge in [0.15, 0.2) is 5.78 Å². The maximum absolute atomic E-state index is 12.5. The molecule has 1 unspecified atom stereocenters. The van der Waals surface area contributed by atoms with E-state index in [4.69, 9.17) is 0 Å². The molecule has 0 radical (unpaired) electrons. The van der Waals surface area contributed by atoms with Crippen molar-refractivity contribution in [2.75, 3.05) is 0 Å². The minimum absolute atomic E-state index is 0.351. The molecule has 0 N–H and O–H groups in total. The number of hydrogen-bond acceptors (Lipinski definition) is 1. The van der Waals surface area contributed by atoms with Crippen molar-refractivity contribution in [2.24, 2.45) is 5.92 Å². The molecule has 0 aromatic heterocycles. The summed E-state index contributed by atoms with van der Waals surface area (Å²) in [5.74, 6) is 1.84. The van der Waals surface area contributed by atoms with Crippen LogP contribution in [-0.4, -0.2) is 5.78 Å². The lowest BCUT2D eigenvalue weighted by molar-refractivity contribution is 0.0967. The zero-order chi connectivity index (χ0) is 14.2. The first-order chi connectivity index (χ1) is 8.90. The number of rotatable bonds is 2. The quantitative estimate of drug-likeness (QED) is 0.675. The normalized spacial score (nSPS) is 19.7. The van der Waals surface area contributed by atoms with Gasteiger partial charge in [-0.25, -0.2) is 0 Å². The van der Waals surface area contributed by atoms with E-state index in [1.165, 1.54) is 16.7 Å². The van der Waals surface area contributed by atoms with Crippen LogP contribution in [0.3, 0.4) is 0 Å². The topological polar surface area (TPSA) is 17.1 Å². The summed E-state index contributed by atoms with van der Waals surface area (Å²) >= 11 is 0. The predicted octanol–water partition coefficient (Wildman–Crippen LogP) is 5.09. The average Bonchev–Trinajstić information content (AvgIpc) is 2.47. The van der Waals surface area contributed by atoms with E-state index in [9.17, 15) is 4.79 Å². The summed E-state index contributed by atoms with van der Waals surface area (Å²) in [4.78, 5) is 12.5. The lowest BCUT2D eigenvalue weighted by atomic mass is 9.86. The molecular formula is C18H26O. The fraction of sp³-hybridized carbons (Fsp3) is 0.611. The Kier molecular flexibility index (Phi) is 4.13. The predicted molar refractivity (Wildman–Crippen MR) is 81.1 cm³/mol. The van der Waals surface area contributed by atoms with Crippen molar-refractivity contribution in [3.63, 3.8) is 0 Å². The minimum atomic E-state index is 0.351. The van der Waals surface area contributed by atoms with Gasteiger partial charge in [-0.3, -0.25) is 4.79 Å². The van der Waals surface area contributed by atoms with E-state index in [1.807, 2.05) is 0 Å². The van der Waals surface area contributed by atoms with Gasteiger partial charge in [0.05, 0.1) is 0 Å². The lowest BCUT2D eigenvalue weighted by Crippen LogP contribution is -2.08. The van der Waals surface area contributed by atoms with Gasteiger partial charge in [-0.1, -0.05) is 40.7 Å². The molecule has 0 spiro atoms. The highest BCUT2D eigenvalue weighted by Gasteiger charge is 2.24. The van der Waals surface area contributed by atoms with Crippen molar-refractivity contribution < 1.29 is 4.79 Å². The highest BCUT2D eigenvalue weighted by atomic mass is 16.1. The molecule has 0 bridgehead atoms. The summed E-state index contributed by atoms with van der Waals surface area (Å²) < 4.78 is 0. The Bertz CT molecular complexity index is 483. The first-order valence-electron chi connectivity index (χ1n) is 7.60. The van der Waals surface area contributed by atoms with Crippen LogP contribution in [0.5, 0.6) is 0 Å². The van der Waals surface area contributed by atoms with Gasteiger partial charge in [-0.2, -0.15) is 0 Å². The Hall–Kier alpha value is -1.11. The van der Waals surface area contributed by atoms with Crippen molar-refractivity contribution in [1.29, 1.82) is 0 Å². The summed E-state index contributed by atoms with van der Waals surface area (Å²) in [7, 11) is 0. The van der Waals surface area contributed by atoms with Crippen LogP contribution in [0.2, 0.25) is 0 Å². The minimum Gasteiger partial charge on any atom is -0.294 e. The Morgan fingerprint density at radius 3 is 2.37 bits per heavy atom. The number of carbonyl (C=O) groups is 1. The lowest BCUT2D eigenvalue weighted by Gasteiger charge is -2.19. The van der Waals surface area contributed by atoms with E-state index in [1.54, 1.807) is 0 Å². The standard InChI is InChI=1S/C18H26O/c1-11(2)14-9-16(12(3)4)15-7-6-13(5)8-18(19)17(15)10-14/h9-13H,6-8H2,1-5H3. The Balaban J connectivity index is 2.60. The molecule has 1 aliphatic rings. The van der Waals surface area contributed by atoms with Crippen LogP contribution >= 0.6 is 0 Å². The molecule has 0 aliphatic heterocycles. The Morgan fingerprint density at radius 2 is 1.79 bits per heavy atom. The molecule has 19 heavy (non-hydrogen) atoms. The largest absolute Gasteiger partial charge is 0.294 e. The maximum Gasteiger partial charge on any atom is 0.163 e. The van der Waals surface area contributed by atoms with Gasteiger partial charge in [-0.05, 0) is 53.4 Å². The van der Waals surface area contributed by atoms with Crippen LogP contribution in [0.4, 0.5) is 0 Å². The van der Waals surface area contributed by atoms with Crippen LogP contribution in [0, 0.1) is 5.92 Å². The zero-order valence-electron chi connectivity index (χ0n) is 12.9. The molecule has 0 saturated heterocycles. The van der Waals surface area contributed by atoms with E-state index >= 15 is 0 Å². The highest BCUT2D eigenvalue weighted by molar-refractivity contribution is 5.98. The van der Waals surface area contributed by atoms with E-state index < -0.39 is 0 Å². The third-order valence-corrected chi connectivity index (χ3v) is 4.32. The van der Waals surface area contributed by atoms with Crippen LogP contribution in [-0.2, 0) is 6.42 Å². The van der Waals surface area contributed by atoms with Crippen LogP contribution in [0.25, 0.3) is 0 Å². The summed E-state index contributed by atoms with van der Waals surface area (Å²) in [5, 5.41) is 0. The van der Waals surface area contributed by atoms with Crippen LogP contribution < -0.4 is 0 Å². The molecule has 104 valence electrons. The number of ketones is 1. The number of fused-ring (bicyclic) bond motifs is 1. The van der Waals surface area contributed by atoms with E-state index in [0.29, 0.717) is 30.0 Å². The van der Waals surface area contributed by atoms with Gasteiger partial charge < -0.3 is 0 Å². The molecule has 1 aliphatic carbocycles. The second kappa shape index (κ2) is 5.48. The molecule has 0 fully saturated rings. The number of Topliss-reactive ketones (excluding diaryl/α,β-unsaturated/α-hetero) is 1. The molecule has 1 atom stereocenters. The molecule has 0 heterocycles. The molecule has 0 amide bonds. The van der Waals surface area contributed by atoms with E-state index in [0.717, 1.165) is 18.4 Å². The second-order valence-corrected chi connectivity index (χ2v) is 6.72. The van der Waals surface area contributed by atoms with Gasteiger partial charge in [0.2, 0.25) is 0 Å². The smallest absolute Gasteiger partial charge is 0.163 e. The average molecular weight is 258 g/mol. The van der Waals surface area contributed by atoms with E-state index in [-0.39, 0.29) is 0 Å². The maximum atomic E-state index is 12.5. The SMILES string of the molecule is CC1CCc2c(cc(C(C)C)cc2C(C)C)C(=O)C1. The summed E-state index contributed by atoms with van der Waals surface area (Å²) in [5.41, 5.74) is 5.04. The zero-order valence-corrected chi connectivity index (χ0v) is 12.9. The summed E-state index contributed by atoms with van der Waals surface area (Å²) in [6.07, 6.45) is 2.92. The van der Waals surface area contributed by atoms with Crippen molar-refractivity contribution in [3.05, 3.63) is 34.4 Å². The monoisotopic (exact) mass is 258 g/mol. The molecule has 1 nitrogen and oxygen atoms in total. The Morgan fingerprint density at radius 1 is 1.11 bits per heavy atom. The van der Waals surface area contributed by atoms with Crippen molar-refractivity contribution in [1.82, 2.24) is 0 Å².